The molecule has 2 N–H and O–H groups in total. The highest BCUT2D eigenvalue weighted by Gasteiger charge is 2.17. The Bertz CT molecular complexity index is 592. The van der Waals surface area contributed by atoms with E-state index >= 15 is 0 Å². The largest absolute Gasteiger partial charge is 0.497 e. The Hall–Kier alpha value is -2.16. The minimum atomic E-state index is 0.838. The fourth-order valence-electron chi connectivity index (χ4n) is 2.78. The first kappa shape index (κ1) is 12.9. The maximum atomic E-state index is 5.93. The maximum Gasteiger partial charge on any atom is 0.118 e. The summed E-state index contributed by atoms with van der Waals surface area (Å²) in [4.78, 5) is 2.41. The lowest BCUT2D eigenvalue weighted by Gasteiger charge is -2.31. The van der Waals surface area contributed by atoms with Crippen LogP contribution in [0.25, 0.3) is 0 Å². The fourth-order valence-corrected chi connectivity index (χ4v) is 2.78. The van der Waals surface area contributed by atoms with Gasteiger partial charge in [0.1, 0.15) is 5.75 Å². The summed E-state index contributed by atoms with van der Waals surface area (Å²) in [7, 11) is 1.69. The number of ether oxygens (including phenoxy) is 1. The Morgan fingerprint density at radius 1 is 1.15 bits per heavy atom. The zero-order valence-electron chi connectivity index (χ0n) is 11.8. The molecule has 0 amide bonds. The second kappa shape index (κ2) is 5.45. The number of nitrogens with zero attached hydrogens (tertiary/aromatic N) is 1. The number of anilines is 2. The van der Waals surface area contributed by atoms with Gasteiger partial charge >= 0.3 is 0 Å². The SMILES string of the molecule is COc1ccc(CN2CCCc3ccc(N)cc32)cc1. The van der Waals surface area contributed by atoms with Crippen molar-refractivity contribution in [1.29, 1.82) is 0 Å². The number of nitrogen functional groups attached to an aromatic ring is 1. The van der Waals surface area contributed by atoms with Gasteiger partial charge in [0.05, 0.1) is 7.11 Å². The summed E-state index contributed by atoms with van der Waals surface area (Å²) in [6.07, 6.45) is 2.35. The van der Waals surface area contributed by atoms with Gasteiger partial charge in [0.15, 0.2) is 0 Å². The molecule has 0 saturated carbocycles. The average molecular weight is 268 g/mol. The molecule has 0 aliphatic carbocycles. The standard InChI is InChI=1S/C17H20N2O/c1-20-16-8-4-13(5-9-16)12-19-10-2-3-14-6-7-15(18)11-17(14)19/h4-9,11H,2-3,10,12,18H2,1H3. The number of methoxy groups -OCH3 is 1. The molecule has 104 valence electrons. The van der Waals surface area contributed by atoms with Crippen LogP contribution in [0.5, 0.6) is 5.75 Å². The van der Waals surface area contributed by atoms with Crippen molar-refractivity contribution >= 4 is 11.4 Å². The van der Waals surface area contributed by atoms with E-state index in [0.717, 1.165) is 30.9 Å². The van der Waals surface area contributed by atoms with Gasteiger partial charge in [-0.25, -0.2) is 0 Å². The Morgan fingerprint density at radius 3 is 2.70 bits per heavy atom. The van der Waals surface area contributed by atoms with Crippen LogP contribution in [0.15, 0.2) is 42.5 Å². The quantitative estimate of drug-likeness (QED) is 0.869. The van der Waals surface area contributed by atoms with Crippen LogP contribution in [0, 0.1) is 0 Å². The number of hydrogen-bond donors (Lipinski definition) is 1. The predicted octanol–water partition coefficient (Wildman–Crippen LogP) is 3.23. The molecular weight excluding hydrogens is 248 g/mol. The average Bonchev–Trinajstić information content (AvgIpc) is 2.49. The molecule has 3 rings (SSSR count). The van der Waals surface area contributed by atoms with Gasteiger partial charge in [0.25, 0.3) is 0 Å². The van der Waals surface area contributed by atoms with Crippen molar-refractivity contribution in [3.8, 4) is 5.75 Å². The van der Waals surface area contributed by atoms with Gasteiger partial charge in [-0.15, -0.1) is 0 Å². The van der Waals surface area contributed by atoms with Crippen molar-refractivity contribution in [2.45, 2.75) is 19.4 Å². The number of aryl methyl sites for hydroxylation is 1. The van der Waals surface area contributed by atoms with Crippen LogP contribution >= 0.6 is 0 Å². The zero-order chi connectivity index (χ0) is 13.9. The number of rotatable bonds is 3. The number of nitrogens with two attached hydrogens (primary N) is 1. The lowest BCUT2D eigenvalue weighted by Crippen LogP contribution is -2.28. The van der Waals surface area contributed by atoms with Gasteiger partial charge in [-0.2, -0.15) is 0 Å². The summed E-state index contributed by atoms with van der Waals surface area (Å²) < 4.78 is 5.20. The van der Waals surface area contributed by atoms with Crippen molar-refractivity contribution in [2.75, 3.05) is 24.3 Å². The molecule has 1 aliphatic rings. The van der Waals surface area contributed by atoms with Crippen LogP contribution in [0.4, 0.5) is 11.4 Å². The van der Waals surface area contributed by atoms with E-state index in [1.807, 2.05) is 18.2 Å². The van der Waals surface area contributed by atoms with Crippen LogP contribution < -0.4 is 15.4 Å². The molecule has 2 aromatic rings. The second-order valence-electron chi connectivity index (χ2n) is 5.26. The number of fused-ring (bicyclic) bond motifs is 1. The summed E-state index contributed by atoms with van der Waals surface area (Å²) >= 11 is 0. The third kappa shape index (κ3) is 2.57. The van der Waals surface area contributed by atoms with Crippen molar-refractivity contribution in [2.24, 2.45) is 0 Å². The van der Waals surface area contributed by atoms with Crippen LogP contribution in [0.3, 0.4) is 0 Å². The van der Waals surface area contributed by atoms with E-state index in [1.54, 1.807) is 7.11 Å². The molecule has 1 heterocycles. The number of benzene rings is 2. The smallest absolute Gasteiger partial charge is 0.118 e. The Balaban J connectivity index is 1.83. The first-order valence-corrected chi connectivity index (χ1v) is 7.02. The second-order valence-corrected chi connectivity index (χ2v) is 5.26. The third-order valence-corrected chi connectivity index (χ3v) is 3.86. The van der Waals surface area contributed by atoms with E-state index in [1.165, 1.54) is 23.2 Å². The molecule has 0 spiro atoms. The molecule has 0 fully saturated rings. The lowest BCUT2D eigenvalue weighted by molar-refractivity contribution is 0.414. The Kier molecular flexibility index (Phi) is 3.50. The van der Waals surface area contributed by atoms with Crippen LogP contribution in [-0.4, -0.2) is 13.7 Å². The molecule has 3 heteroatoms. The van der Waals surface area contributed by atoms with Crippen LogP contribution in [0.1, 0.15) is 17.5 Å². The summed E-state index contributed by atoms with van der Waals surface area (Å²) in [5, 5.41) is 0. The zero-order valence-corrected chi connectivity index (χ0v) is 11.8. The van der Waals surface area contributed by atoms with E-state index in [2.05, 4.69) is 29.2 Å². The van der Waals surface area contributed by atoms with E-state index in [-0.39, 0.29) is 0 Å². The van der Waals surface area contributed by atoms with E-state index in [4.69, 9.17) is 10.5 Å². The molecule has 0 bridgehead atoms. The Morgan fingerprint density at radius 2 is 1.95 bits per heavy atom. The summed E-state index contributed by atoms with van der Waals surface area (Å²) in [5.74, 6) is 0.900. The van der Waals surface area contributed by atoms with E-state index in [9.17, 15) is 0 Å². The van der Waals surface area contributed by atoms with Gasteiger partial charge < -0.3 is 15.4 Å². The molecule has 0 radical (unpaired) electrons. The van der Waals surface area contributed by atoms with E-state index < -0.39 is 0 Å². The van der Waals surface area contributed by atoms with Gasteiger partial charge in [0.2, 0.25) is 0 Å². The van der Waals surface area contributed by atoms with Crippen LogP contribution in [-0.2, 0) is 13.0 Å². The molecule has 2 aromatic carbocycles. The van der Waals surface area contributed by atoms with Crippen molar-refractivity contribution < 1.29 is 4.74 Å². The highest BCUT2D eigenvalue weighted by molar-refractivity contribution is 5.62. The minimum Gasteiger partial charge on any atom is -0.497 e. The summed E-state index contributed by atoms with van der Waals surface area (Å²) in [6, 6.07) is 14.5. The highest BCUT2D eigenvalue weighted by atomic mass is 16.5. The molecule has 0 saturated heterocycles. The van der Waals surface area contributed by atoms with Crippen LogP contribution in [0.2, 0.25) is 0 Å². The summed E-state index contributed by atoms with van der Waals surface area (Å²) in [6.45, 7) is 2.00. The van der Waals surface area contributed by atoms with Gasteiger partial charge in [-0.3, -0.25) is 0 Å². The third-order valence-electron chi connectivity index (χ3n) is 3.86. The first-order valence-electron chi connectivity index (χ1n) is 7.02. The maximum absolute atomic E-state index is 5.93. The van der Waals surface area contributed by atoms with Gasteiger partial charge in [0, 0.05) is 24.5 Å². The van der Waals surface area contributed by atoms with Crippen molar-refractivity contribution in [3.05, 3.63) is 53.6 Å². The number of hydrogen-bond acceptors (Lipinski definition) is 3. The molecular formula is C17H20N2O. The molecule has 1 aliphatic heterocycles. The van der Waals surface area contributed by atoms with Gasteiger partial charge in [-0.05, 0) is 48.2 Å². The molecule has 0 aromatic heterocycles. The predicted molar refractivity (Wildman–Crippen MR) is 83.2 cm³/mol. The normalized spacial score (nSPS) is 13.9. The minimum absolute atomic E-state index is 0.838. The van der Waals surface area contributed by atoms with Crippen molar-refractivity contribution in [1.82, 2.24) is 0 Å². The highest BCUT2D eigenvalue weighted by Crippen LogP contribution is 2.30. The fraction of sp³-hybridized carbons (Fsp3) is 0.294. The van der Waals surface area contributed by atoms with E-state index in [0.29, 0.717) is 0 Å². The monoisotopic (exact) mass is 268 g/mol. The molecule has 20 heavy (non-hydrogen) atoms. The Labute approximate surface area is 120 Å². The lowest BCUT2D eigenvalue weighted by atomic mass is 10.0. The molecule has 3 nitrogen and oxygen atoms in total. The first-order chi connectivity index (χ1) is 9.76. The molecule has 0 atom stereocenters. The van der Waals surface area contributed by atoms with Crippen molar-refractivity contribution in [3.63, 3.8) is 0 Å². The van der Waals surface area contributed by atoms with Gasteiger partial charge in [-0.1, -0.05) is 18.2 Å². The molecule has 0 unspecified atom stereocenters. The summed E-state index contributed by atoms with van der Waals surface area (Å²) in [5.41, 5.74) is 10.7. The topological polar surface area (TPSA) is 38.5 Å².